The smallest absolute Gasteiger partial charge is 0.179 e. The van der Waals surface area contributed by atoms with Gasteiger partial charge in [0.05, 0.1) is 5.56 Å². The number of hydrogen-bond donors (Lipinski definition) is 1. The van der Waals surface area contributed by atoms with Crippen LogP contribution in [0, 0.1) is 0 Å². The van der Waals surface area contributed by atoms with Crippen molar-refractivity contribution in [1.29, 1.82) is 0 Å². The minimum absolute atomic E-state index is 0.0324. The van der Waals surface area contributed by atoms with E-state index in [4.69, 9.17) is 21.2 Å². The van der Waals surface area contributed by atoms with Gasteiger partial charge in [-0.15, -0.1) is 0 Å². The number of halogens is 1. The highest BCUT2D eigenvalue weighted by molar-refractivity contribution is 6.70. The molecule has 2 aromatic rings. The van der Waals surface area contributed by atoms with Crippen LogP contribution in [0.5, 0.6) is 0 Å². The van der Waals surface area contributed by atoms with E-state index in [1.165, 1.54) is 6.26 Å². The minimum atomic E-state index is 0.0324. The Kier molecular flexibility index (Phi) is 1.94. The van der Waals surface area contributed by atoms with Gasteiger partial charge >= 0.3 is 0 Å². The van der Waals surface area contributed by atoms with E-state index in [-0.39, 0.29) is 5.17 Å². The molecule has 1 N–H and O–H groups in total. The summed E-state index contributed by atoms with van der Waals surface area (Å²) < 4.78 is 5.20. The maximum Gasteiger partial charge on any atom is 0.179 e. The van der Waals surface area contributed by atoms with E-state index in [1.807, 2.05) is 24.3 Å². The number of rotatable bonds is 1. The number of hydrogen-bond acceptors (Lipinski definition) is 3. The molecular weight excluding hydrogens is 190 g/mol. The molecule has 3 nitrogen and oxygen atoms in total. The van der Waals surface area contributed by atoms with E-state index >= 15 is 0 Å². The van der Waals surface area contributed by atoms with Crippen LogP contribution in [0.2, 0.25) is 0 Å². The molecule has 0 atom stereocenters. The molecule has 13 heavy (non-hydrogen) atoms. The Labute approximate surface area is 79.2 Å². The summed E-state index contributed by atoms with van der Waals surface area (Å²) in [4.78, 5) is 0. The van der Waals surface area contributed by atoms with Crippen molar-refractivity contribution in [2.24, 2.45) is 5.16 Å². The third-order valence-corrected chi connectivity index (χ3v) is 2.07. The molecule has 66 valence electrons. The molecule has 0 radical (unpaired) electrons. The van der Waals surface area contributed by atoms with Crippen LogP contribution in [0.25, 0.3) is 11.0 Å². The first-order chi connectivity index (χ1) is 6.33. The van der Waals surface area contributed by atoms with Gasteiger partial charge in [0.2, 0.25) is 0 Å². The fourth-order valence-electron chi connectivity index (χ4n) is 1.19. The monoisotopic (exact) mass is 195 g/mol. The number of oxime groups is 1. The maximum atomic E-state index is 8.48. The number of fused-ring (bicyclic) bond motifs is 1. The third-order valence-electron chi connectivity index (χ3n) is 1.79. The Hall–Kier alpha value is -1.48. The highest BCUT2D eigenvalue weighted by atomic mass is 35.5. The predicted octanol–water partition coefficient (Wildman–Crippen LogP) is 2.81. The topological polar surface area (TPSA) is 45.7 Å². The average molecular weight is 196 g/mol. The molecule has 0 aliphatic carbocycles. The largest absolute Gasteiger partial charge is 0.464 e. The lowest BCUT2D eigenvalue weighted by atomic mass is 10.2. The molecule has 1 heterocycles. The number of para-hydroxylation sites is 1. The van der Waals surface area contributed by atoms with E-state index in [0.717, 1.165) is 11.0 Å². The van der Waals surface area contributed by atoms with Gasteiger partial charge in [-0.2, -0.15) is 0 Å². The molecule has 0 bridgehead atoms. The number of nitrogens with zero attached hydrogens (tertiary/aromatic N) is 1. The second kappa shape index (κ2) is 3.11. The first-order valence-electron chi connectivity index (χ1n) is 3.67. The van der Waals surface area contributed by atoms with Crippen LogP contribution in [0.4, 0.5) is 0 Å². The Balaban J connectivity index is 2.71. The summed E-state index contributed by atoms with van der Waals surface area (Å²) in [7, 11) is 0. The maximum absolute atomic E-state index is 8.48. The van der Waals surface area contributed by atoms with Gasteiger partial charge < -0.3 is 9.62 Å². The first-order valence-corrected chi connectivity index (χ1v) is 4.05. The van der Waals surface area contributed by atoms with Crippen LogP contribution in [0.15, 0.2) is 40.1 Å². The summed E-state index contributed by atoms with van der Waals surface area (Å²) in [5.74, 6) is 0. The van der Waals surface area contributed by atoms with Crippen molar-refractivity contribution in [3.05, 3.63) is 36.1 Å². The molecule has 0 saturated heterocycles. The zero-order valence-corrected chi connectivity index (χ0v) is 7.32. The van der Waals surface area contributed by atoms with Crippen LogP contribution in [-0.4, -0.2) is 10.4 Å². The fourth-order valence-corrected chi connectivity index (χ4v) is 1.34. The lowest BCUT2D eigenvalue weighted by Gasteiger charge is -1.90. The summed E-state index contributed by atoms with van der Waals surface area (Å²) in [6.45, 7) is 0. The Bertz CT molecular complexity index is 461. The molecule has 0 spiro atoms. The zero-order valence-electron chi connectivity index (χ0n) is 6.57. The van der Waals surface area contributed by atoms with Crippen molar-refractivity contribution >= 4 is 27.7 Å². The summed E-state index contributed by atoms with van der Waals surface area (Å²) in [6, 6.07) is 7.39. The SMILES string of the molecule is ON=C(Cl)c1coc2ccccc12. The van der Waals surface area contributed by atoms with Gasteiger partial charge in [0.1, 0.15) is 11.8 Å². The van der Waals surface area contributed by atoms with Crippen LogP contribution in [0.1, 0.15) is 5.56 Å². The highest BCUT2D eigenvalue weighted by Crippen LogP contribution is 2.22. The standard InChI is InChI=1S/C9H6ClNO2/c10-9(11-12)7-5-13-8-4-2-1-3-6(7)8/h1-5,12H. The molecule has 0 unspecified atom stereocenters. The summed E-state index contributed by atoms with van der Waals surface area (Å²) in [5, 5.41) is 12.3. The summed E-state index contributed by atoms with van der Waals surface area (Å²) in [6.07, 6.45) is 1.46. The molecule has 0 amide bonds. The quantitative estimate of drug-likeness (QED) is 0.432. The molecule has 1 aromatic carbocycles. The second-order valence-electron chi connectivity index (χ2n) is 2.54. The number of furan rings is 1. The van der Waals surface area contributed by atoms with E-state index in [9.17, 15) is 0 Å². The van der Waals surface area contributed by atoms with Crippen molar-refractivity contribution in [3.8, 4) is 0 Å². The van der Waals surface area contributed by atoms with Crippen LogP contribution in [-0.2, 0) is 0 Å². The van der Waals surface area contributed by atoms with Crippen molar-refractivity contribution < 1.29 is 9.62 Å². The van der Waals surface area contributed by atoms with Gasteiger partial charge in [-0.05, 0) is 6.07 Å². The number of benzene rings is 1. The molecule has 1 aromatic heterocycles. The van der Waals surface area contributed by atoms with Gasteiger partial charge in [0, 0.05) is 5.39 Å². The lowest BCUT2D eigenvalue weighted by Crippen LogP contribution is -1.87. The van der Waals surface area contributed by atoms with Crippen LogP contribution < -0.4 is 0 Å². The van der Waals surface area contributed by atoms with Crippen molar-refractivity contribution in [3.63, 3.8) is 0 Å². The molecule has 2 rings (SSSR count). The van der Waals surface area contributed by atoms with E-state index < -0.39 is 0 Å². The van der Waals surface area contributed by atoms with E-state index in [1.54, 1.807) is 0 Å². The predicted molar refractivity (Wildman–Crippen MR) is 50.4 cm³/mol. The second-order valence-corrected chi connectivity index (χ2v) is 2.89. The summed E-state index contributed by atoms with van der Waals surface area (Å²) in [5.41, 5.74) is 1.32. The van der Waals surface area contributed by atoms with Gasteiger partial charge in [0.25, 0.3) is 0 Å². The van der Waals surface area contributed by atoms with Gasteiger partial charge in [-0.1, -0.05) is 35.0 Å². The van der Waals surface area contributed by atoms with Gasteiger partial charge in [0.15, 0.2) is 5.17 Å². The van der Waals surface area contributed by atoms with Crippen LogP contribution in [0.3, 0.4) is 0 Å². The van der Waals surface area contributed by atoms with Crippen molar-refractivity contribution in [2.75, 3.05) is 0 Å². The average Bonchev–Trinajstić information content (AvgIpc) is 2.60. The fraction of sp³-hybridized carbons (Fsp3) is 0. The van der Waals surface area contributed by atoms with Crippen LogP contribution >= 0.6 is 11.6 Å². The molecule has 0 saturated carbocycles. The highest BCUT2D eigenvalue weighted by Gasteiger charge is 2.08. The zero-order chi connectivity index (χ0) is 9.26. The Morgan fingerprint density at radius 3 is 2.92 bits per heavy atom. The Morgan fingerprint density at radius 2 is 2.15 bits per heavy atom. The third kappa shape index (κ3) is 1.27. The molecule has 0 aliphatic heterocycles. The molecular formula is C9H6ClNO2. The normalized spacial score (nSPS) is 12.2. The first kappa shape index (κ1) is 8.13. The lowest BCUT2D eigenvalue weighted by molar-refractivity contribution is 0.321. The molecule has 4 heteroatoms. The molecule has 0 aliphatic rings. The van der Waals surface area contributed by atoms with Crippen molar-refractivity contribution in [2.45, 2.75) is 0 Å². The van der Waals surface area contributed by atoms with Crippen molar-refractivity contribution in [1.82, 2.24) is 0 Å². The van der Waals surface area contributed by atoms with Gasteiger partial charge in [-0.25, -0.2) is 0 Å². The molecule has 0 fully saturated rings. The summed E-state index contributed by atoms with van der Waals surface area (Å²) >= 11 is 5.65. The Morgan fingerprint density at radius 1 is 1.38 bits per heavy atom. The minimum Gasteiger partial charge on any atom is -0.464 e. The van der Waals surface area contributed by atoms with E-state index in [2.05, 4.69) is 5.16 Å². The van der Waals surface area contributed by atoms with Gasteiger partial charge in [-0.3, -0.25) is 0 Å². The van der Waals surface area contributed by atoms with E-state index in [0.29, 0.717) is 5.56 Å².